The van der Waals surface area contributed by atoms with Gasteiger partial charge in [-0.2, -0.15) is 0 Å². The second-order valence-electron chi connectivity index (χ2n) is 7.33. The van der Waals surface area contributed by atoms with Crippen LogP contribution in [-0.2, 0) is 13.6 Å². The van der Waals surface area contributed by atoms with Gasteiger partial charge in [0.05, 0.1) is 5.69 Å². The molecule has 0 radical (unpaired) electrons. The summed E-state index contributed by atoms with van der Waals surface area (Å²) < 4.78 is 4.04. The zero-order chi connectivity index (χ0) is 20.2. The number of aromatic nitrogens is 2. The average molecular weight is 380 g/mol. The molecule has 0 bridgehead atoms. The maximum Gasteiger partial charge on any atom is 0.209 e. The number of rotatable bonds is 6. The molecule has 2 aromatic heterocycles. The maximum absolute atomic E-state index is 12.8. The van der Waals surface area contributed by atoms with Gasteiger partial charge in [0, 0.05) is 37.7 Å². The molecule has 0 amide bonds. The van der Waals surface area contributed by atoms with Crippen LogP contribution in [0.2, 0.25) is 0 Å². The molecule has 144 valence electrons. The molecule has 0 spiro atoms. The SMILES string of the molecule is Cc1ccc(C(=O)c2cccn2C/C=C/c2cccc(-c3ccn(C)c3)c2)cc1. The minimum absolute atomic E-state index is 0.0504. The van der Waals surface area contributed by atoms with Gasteiger partial charge in [0.1, 0.15) is 0 Å². The highest BCUT2D eigenvalue weighted by molar-refractivity contribution is 6.08. The van der Waals surface area contributed by atoms with E-state index in [1.165, 1.54) is 11.1 Å². The van der Waals surface area contributed by atoms with E-state index in [1.807, 2.05) is 61.1 Å². The van der Waals surface area contributed by atoms with Crippen molar-refractivity contribution in [1.29, 1.82) is 0 Å². The molecule has 2 aromatic carbocycles. The molecule has 0 unspecified atom stereocenters. The maximum atomic E-state index is 12.8. The zero-order valence-electron chi connectivity index (χ0n) is 16.7. The van der Waals surface area contributed by atoms with Crippen LogP contribution in [0.3, 0.4) is 0 Å². The fraction of sp³-hybridized carbons (Fsp3) is 0.115. The van der Waals surface area contributed by atoms with Crippen LogP contribution in [0.1, 0.15) is 27.2 Å². The lowest BCUT2D eigenvalue weighted by Crippen LogP contribution is -2.09. The van der Waals surface area contributed by atoms with Crippen molar-refractivity contribution in [3.05, 3.63) is 114 Å². The molecule has 29 heavy (non-hydrogen) atoms. The number of ketones is 1. The lowest BCUT2D eigenvalue weighted by atomic mass is 10.1. The van der Waals surface area contributed by atoms with Crippen LogP contribution in [0.25, 0.3) is 17.2 Å². The van der Waals surface area contributed by atoms with Crippen LogP contribution in [0.5, 0.6) is 0 Å². The van der Waals surface area contributed by atoms with Crippen molar-refractivity contribution in [2.24, 2.45) is 7.05 Å². The Bertz CT molecular complexity index is 1160. The Hall–Kier alpha value is -3.59. The molecule has 0 aliphatic rings. The first kappa shape index (κ1) is 18.8. The van der Waals surface area contributed by atoms with Crippen LogP contribution in [0.15, 0.2) is 91.4 Å². The smallest absolute Gasteiger partial charge is 0.209 e. The second-order valence-corrected chi connectivity index (χ2v) is 7.33. The summed E-state index contributed by atoms with van der Waals surface area (Å²) in [6, 6.07) is 22.1. The van der Waals surface area contributed by atoms with E-state index in [9.17, 15) is 4.79 Å². The molecular formula is C26H24N2O. The fourth-order valence-corrected chi connectivity index (χ4v) is 3.43. The molecule has 4 aromatic rings. The Morgan fingerprint density at radius 1 is 0.931 bits per heavy atom. The Labute approximate surface area is 171 Å². The van der Waals surface area contributed by atoms with E-state index in [4.69, 9.17) is 0 Å². The van der Waals surface area contributed by atoms with Crippen molar-refractivity contribution in [2.75, 3.05) is 0 Å². The van der Waals surface area contributed by atoms with Gasteiger partial charge in [-0.15, -0.1) is 0 Å². The third-order valence-electron chi connectivity index (χ3n) is 5.04. The Balaban J connectivity index is 1.49. The lowest BCUT2D eigenvalue weighted by molar-refractivity contribution is 0.103. The molecule has 0 atom stereocenters. The number of hydrogen-bond acceptors (Lipinski definition) is 1. The predicted octanol–water partition coefficient (Wildman–Crippen LogP) is 5.75. The Kier molecular flexibility index (Phi) is 5.30. The molecule has 0 saturated carbocycles. The van der Waals surface area contributed by atoms with Crippen molar-refractivity contribution in [2.45, 2.75) is 13.5 Å². The predicted molar refractivity (Wildman–Crippen MR) is 119 cm³/mol. The molecule has 0 saturated heterocycles. The summed E-state index contributed by atoms with van der Waals surface area (Å²) in [5, 5.41) is 0. The van der Waals surface area contributed by atoms with Crippen molar-refractivity contribution in [1.82, 2.24) is 9.13 Å². The zero-order valence-corrected chi connectivity index (χ0v) is 16.7. The Morgan fingerprint density at radius 2 is 1.76 bits per heavy atom. The van der Waals surface area contributed by atoms with Gasteiger partial charge >= 0.3 is 0 Å². The first-order valence-electron chi connectivity index (χ1n) is 9.75. The number of carbonyl (C=O) groups excluding carboxylic acids is 1. The molecule has 4 rings (SSSR count). The highest BCUT2D eigenvalue weighted by Crippen LogP contribution is 2.21. The fourth-order valence-electron chi connectivity index (χ4n) is 3.43. The highest BCUT2D eigenvalue weighted by Gasteiger charge is 2.12. The van der Waals surface area contributed by atoms with Crippen molar-refractivity contribution in [3.8, 4) is 11.1 Å². The highest BCUT2D eigenvalue weighted by atomic mass is 16.1. The van der Waals surface area contributed by atoms with Crippen molar-refractivity contribution < 1.29 is 4.79 Å². The number of aryl methyl sites for hydroxylation is 2. The summed E-state index contributed by atoms with van der Waals surface area (Å²) in [4.78, 5) is 12.8. The van der Waals surface area contributed by atoms with E-state index in [2.05, 4.69) is 59.4 Å². The van der Waals surface area contributed by atoms with E-state index in [0.29, 0.717) is 12.2 Å². The van der Waals surface area contributed by atoms with Gasteiger partial charge in [0.25, 0.3) is 0 Å². The quantitative estimate of drug-likeness (QED) is 0.392. The molecule has 0 N–H and O–H groups in total. The van der Waals surface area contributed by atoms with E-state index >= 15 is 0 Å². The molecule has 0 aliphatic carbocycles. The van der Waals surface area contributed by atoms with Gasteiger partial charge < -0.3 is 9.13 Å². The molecule has 3 heteroatoms. The summed E-state index contributed by atoms with van der Waals surface area (Å²) in [6.45, 7) is 2.67. The van der Waals surface area contributed by atoms with Crippen molar-refractivity contribution in [3.63, 3.8) is 0 Å². The summed E-state index contributed by atoms with van der Waals surface area (Å²) in [7, 11) is 2.03. The molecule has 0 aliphatic heterocycles. The molecule has 0 fully saturated rings. The van der Waals surface area contributed by atoms with Gasteiger partial charge in [-0.3, -0.25) is 4.79 Å². The van der Waals surface area contributed by atoms with Gasteiger partial charge in [0.2, 0.25) is 5.78 Å². The first-order chi connectivity index (χ1) is 14.1. The summed E-state index contributed by atoms with van der Waals surface area (Å²) in [5.74, 6) is 0.0504. The van der Waals surface area contributed by atoms with Crippen LogP contribution in [0.4, 0.5) is 0 Å². The van der Waals surface area contributed by atoms with E-state index < -0.39 is 0 Å². The standard InChI is InChI=1S/C26H24N2O/c1-20-10-12-22(13-11-20)26(29)25-9-5-16-28(25)15-4-7-21-6-3-8-23(18-21)24-14-17-27(2)19-24/h3-14,16-19H,15H2,1-2H3/b7-4+. The lowest BCUT2D eigenvalue weighted by Gasteiger charge is -2.06. The van der Waals surface area contributed by atoms with Crippen LogP contribution in [-0.4, -0.2) is 14.9 Å². The first-order valence-corrected chi connectivity index (χ1v) is 9.75. The monoisotopic (exact) mass is 380 g/mol. The molecule has 2 heterocycles. The molecular weight excluding hydrogens is 356 g/mol. The van der Waals surface area contributed by atoms with Crippen LogP contribution >= 0.6 is 0 Å². The summed E-state index contributed by atoms with van der Waals surface area (Å²) >= 11 is 0. The number of benzene rings is 2. The molecule has 3 nitrogen and oxygen atoms in total. The summed E-state index contributed by atoms with van der Waals surface area (Å²) in [5.41, 5.74) is 6.12. The van der Waals surface area contributed by atoms with Gasteiger partial charge in [-0.05, 0) is 47.9 Å². The Morgan fingerprint density at radius 3 is 2.52 bits per heavy atom. The van der Waals surface area contributed by atoms with E-state index in [1.54, 1.807) is 0 Å². The largest absolute Gasteiger partial charge is 0.357 e. The number of carbonyl (C=O) groups is 1. The minimum Gasteiger partial charge on any atom is -0.357 e. The average Bonchev–Trinajstić information content (AvgIpc) is 3.37. The summed E-state index contributed by atoms with van der Waals surface area (Å²) in [6.07, 6.45) is 10.3. The minimum atomic E-state index is 0.0504. The normalized spacial score (nSPS) is 11.2. The van der Waals surface area contributed by atoms with Gasteiger partial charge in [-0.25, -0.2) is 0 Å². The van der Waals surface area contributed by atoms with Crippen molar-refractivity contribution >= 4 is 11.9 Å². The number of nitrogens with zero attached hydrogens (tertiary/aromatic N) is 2. The third kappa shape index (κ3) is 4.30. The third-order valence-corrected chi connectivity index (χ3v) is 5.04. The van der Waals surface area contributed by atoms with Crippen LogP contribution in [0, 0.1) is 6.92 Å². The number of allylic oxidation sites excluding steroid dienone is 1. The second kappa shape index (κ2) is 8.19. The number of hydrogen-bond donors (Lipinski definition) is 0. The van der Waals surface area contributed by atoms with E-state index in [-0.39, 0.29) is 5.78 Å². The van der Waals surface area contributed by atoms with Crippen LogP contribution < -0.4 is 0 Å². The van der Waals surface area contributed by atoms with Gasteiger partial charge in [-0.1, -0.05) is 60.2 Å². The van der Waals surface area contributed by atoms with Gasteiger partial charge in [0.15, 0.2) is 0 Å². The topological polar surface area (TPSA) is 26.9 Å². The van der Waals surface area contributed by atoms with E-state index in [0.717, 1.165) is 16.7 Å².